The lowest BCUT2D eigenvalue weighted by Crippen LogP contribution is -2.50. The number of rotatable bonds is 3. The Labute approximate surface area is 160 Å². The third-order valence-electron chi connectivity index (χ3n) is 4.54. The quantitative estimate of drug-likeness (QED) is 0.744. The lowest BCUT2D eigenvalue weighted by molar-refractivity contribution is 0.208. The highest BCUT2D eigenvalue weighted by molar-refractivity contribution is 7.22. The molecule has 2 heterocycles. The number of ether oxygens (including phenoxy) is 1. The predicted molar refractivity (Wildman–Crippen MR) is 105 cm³/mol. The molecular formula is C19H19FN4O2S. The Hall–Kier alpha value is -2.87. The number of benzene rings is 2. The highest BCUT2D eigenvalue weighted by Gasteiger charge is 2.23. The summed E-state index contributed by atoms with van der Waals surface area (Å²) in [6, 6.07) is 12.1. The van der Waals surface area contributed by atoms with Gasteiger partial charge in [-0.05, 0) is 36.4 Å². The molecule has 1 aromatic heterocycles. The van der Waals surface area contributed by atoms with Crippen LogP contribution in [-0.2, 0) is 0 Å². The number of hydrogen-bond donors (Lipinski definition) is 1. The van der Waals surface area contributed by atoms with Gasteiger partial charge in [0, 0.05) is 31.9 Å². The van der Waals surface area contributed by atoms with Crippen molar-refractivity contribution in [3.63, 3.8) is 0 Å². The lowest BCUT2D eigenvalue weighted by atomic mass is 10.3. The van der Waals surface area contributed by atoms with E-state index in [4.69, 9.17) is 4.74 Å². The van der Waals surface area contributed by atoms with Gasteiger partial charge >= 0.3 is 6.03 Å². The van der Waals surface area contributed by atoms with Crippen LogP contribution in [0.1, 0.15) is 0 Å². The Bertz CT molecular complexity index is 952. The molecule has 8 heteroatoms. The van der Waals surface area contributed by atoms with Crippen LogP contribution in [0.15, 0.2) is 42.5 Å². The maximum atomic E-state index is 13.8. The average Bonchev–Trinajstić information content (AvgIpc) is 3.14. The van der Waals surface area contributed by atoms with E-state index in [0.717, 1.165) is 21.3 Å². The molecular weight excluding hydrogens is 367 g/mol. The molecule has 1 fully saturated rings. The van der Waals surface area contributed by atoms with Gasteiger partial charge < -0.3 is 19.9 Å². The van der Waals surface area contributed by atoms with Gasteiger partial charge in [-0.2, -0.15) is 0 Å². The highest BCUT2D eigenvalue weighted by atomic mass is 32.1. The van der Waals surface area contributed by atoms with E-state index in [1.54, 1.807) is 30.2 Å². The van der Waals surface area contributed by atoms with Crippen LogP contribution in [0.2, 0.25) is 0 Å². The molecule has 1 N–H and O–H groups in total. The van der Waals surface area contributed by atoms with Gasteiger partial charge in [-0.15, -0.1) is 0 Å². The molecule has 0 radical (unpaired) electrons. The molecule has 4 rings (SSSR count). The summed E-state index contributed by atoms with van der Waals surface area (Å²) in [6.07, 6.45) is 0. The largest absolute Gasteiger partial charge is 0.497 e. The van der Waals surface area contributed by atoms with Crippen molar-refractivity contribution in [2.24, 2.45) is 0 Å². The molecule has 1 aliphatic heterocycles. The van der Waals surface area contributed by atoms with Gasteiger partial charge in [0.15, 0.2) is 5.13 Å². The normalized spacial score (nSPS) is 14.4. The van der Waals surface area contributed by atoms with Crippen molar-refractivity contribution in [2.75, 3.05) is 43.5 Å². The molecule has 2 amide bonds. The number of carbonyl (C=O) groups excluding carboxylic acids is 1. The zero-order valence-electron chi connectivity index (χ0n) is 14.8. The van der Waals surface area contributed by atoms with E-state index in [0.29, 0.717) is 31.7 Å². The predicted octanol–water partition coefficient (Wildman–Crippen LogP) is 3.80. The van der Waals surface area contributed by atoms with Crippen molar-refractivity contribution in [3.05, 3.63) is 48.3 Å². The molecule has 0 aliphatic carbocycles. The number of carbonyl (C=O) groups is 1. The second-order valence-electron chi connectivity index (χ2n) is 6.22. The van der Waals surface area contributed by atoms with Crippen LogP contribution >= 0.6 is 11.3 Å². The number of methoxy groups -OCH3 is 1. The number of para-hydroxylation sites is 1. The fraction of sp³-hybridized carbons (Fsp3) is 0.263. The summed E-state index contributed by atoms with van der Waals surface area (Å²) >= 11 is 1.48. The van der Waals surface area contributed by atoms with Crippen molar-refractivity contribution < 1.29 is 13.9 Å². The number of halogens is 1. The fourth-order valence-electron chi connectivity index (χ4n) is 3.02. The first-order valence-corrected chi connectivity index (χ1v) is 9.45. The van der Waals surface area contributed by atoms with Gasteiger partial charge in [0.25, 0.3) is 0 Å². The minimum absolute atomic E-state index is 0.129. The average molecular weight is 386 g/mol. The standard InChI is InChI=1S/C19H19FN4O2S/c1-26-14-7-5-13(6-8-14)21-18(25)23-9-11-24(12-10-23)19-22-17-15(20)3-2-4-16(17)27-19/h2-8H,9-12H2,1H3,(H,21,25). The van der Waals surface area contributed by atoms with E-state index in [9.17, 15) is 9.18 Å². The van der Waals surface area contributed by atoms with E-state index in [1.165, 1.54) is 17.4 Å². The first-order valence-electron chi connectivity index (χ1n) is 8.64. The van der Waals surface area contributed by atoms with Gasteiger partial charge in [-0.25, -0.2) is 14.2 Å². The van der Waals surface area contributed by atoms with Gasteiger partial charge in [0.05, 0.1) is 11.8 Å². The Kier molecular flexibility index (Phi) is 4.81. The second-order valence-corrected chi connectivity index (χ2v) is 7.22. The maximum absolute atomic E-state index is 13.8. The molecule has 140 valence electrons. The Morgan fingerprint density at radius 2 is 1.89 bits per heavy atom. The molecule has 3 aromatic rings. The number of hydrogen-bond acceptors (Lipinski definition) is 5. The van der Waals surface area contributed by atoms with E-state index in [1.807, 2.05) is 18.2 Å². The fourth-order valence-corrected chi connectivity index (χ4v) is 4.05. The summed E-state index contributed by atoms with van der Waals surface area (Å²) in [7, 11) is 1.60. The molecule has 0 atom stereocenters. The molecule has 0 saturated carbocycles. The number of nitrogens with zero attached hydrogens (tertiary/aromatic N) is 3. The van der Waals surface area contributed by atoms with Crippen LogP contribution in [-0.4, -0.2) is 49.2 Å². The van der Waals surface area contributed by atoms with E-state index in [2.05, 4.69) is 15.2 Å². The minimum Gasteiger partial charge on any atom is -0.497 e. The molecule has 0 bridgehead atoms. The number of fused-ring (bicyclic) bond motifs is 1. The van der Waals surface area contributed by atoms with Crippen molar-refractivity contribution in [1.29, 1.82) is 0 Å². The summed E-state index contributed by atoms with van der Waals surface area (Å²) in [5.41, 5.74) is 1.14. The number of thiazole rings is 1. The molecule has 1 saturated heterocycles. The first kappa shape index (κ1) is 17.5. The van der Waals surface area contributed by atoms with Crippen LogP contribution < -0.4 is 15.0 Å². The summed E-state index contributed by atoms with van der Waals surface area (Å²) < 4.78 is 19.8. The van der Waals surface area contributed by atoms with E-state index < -0.39 is 0 Å². The Morgan fingerprint density at radius 3 is 2.56 bits per heavy atom. The van der Waals surface area contributed by atoms with E-state index >= 15 is 0 Å². The molecule has 0 unspecified atom stereocenters. The monoisotopic (exact) mass is 386 g/mol. The van der Waals surface area contributed by atoms with Crippen LogP contribution in [0.3, 0.4) is 0 Å². The maximum Gasteiger partial charge on any atom is 0.321 e. The van der Waals surface area contributed by atoms with Crippen molar-refractivity contribution in [1.82, 2.24) is 9.88 Å². The Balaban J connectivity index is 1.37. The second kappa shape index (κ2) is 7.40. The van der Waals surface area contributed by atoms with Crippen molar-refractivity contribution in [2.45, 2.75) is 0 Å². The van der Waals surface area contributed by atoms with Crippen LogP contribution in [0.4, 0.5) is 20.0 Å². The summed E-state index contributed by atoms with van der Waals surface area (Å²) in [5.74, 6) is 0.446. The summed E-state index contributed by atoms with van der Waals surface area (Å²) in [5, 5.41) is 3.69. The molecule has 0 spiro atoms. The number of anilines is 2. The molecule has 2 aromatic carbocycles. The van der Waals surface area contributed by atoms with Gasteiger partial charge in [-0.3, -0.25) is 0 Å². The minimum atomic E-state index is -0.299. The molecule has 27 heavy (non-hydrogen) atoms. The number of amides is 2. The molecule has 6 nitrogen and oxygen atoms in total. The zero-order chi connectivity index (χ0) is 18.8. The number of nitrogens with one attached hydrogen (secondary N) is 1. The van der Waals surface area contributed by atoms with Crippen molar-refractivity contribution in [3.8, 4) is 5.75 Å². The SMILES string of the molecule is COc1ccc(NC(=O)N2CCN(c3nc4c(F)cccc4s3)CC2)cc1. The van der Waals surface area contributed by atoms with Crippen LogP contribution in [0.5, 0.6) is 5.75 Å². The number of piperazine rings is 1. The topological polar surface area (TPSA) is 57.7 Å². The third-order valence-corrected chi connectivity index (χ3v) is 5.62. The Morgan fingerprint density at radius 1 is 1.15 bits per heavy atom. The number of aromatic nitrogens is 1. The summed E-state index contributed by atoms with van der Waals surface area (Å²) in [4.78, 5) is 20.8. The van der Waals surface area contributed by atoms with Crippen LogP contribution in [0, 0.1) is 5.82 Å². The van der Waals surface area contributed by atoms with Crippen molar-refractivity contribution >= 4 is 38.4 Å². The number of urea groups is 1. The van der Waals surface area contributed by atoms with Gasteiger partial charge in [0.2, 0.25) is 0 Å². The summed E-state index contributed by atoms with van der Waals surface area (Å²) in [6.45, 7) is 2.50. The van der Waals surface area contributed by atoms with E-state index in [-0.39, 0.29) is 11.8 Å². The van der Waals surface area contributed by atoms with Gasteiger partial charge in [-0.1, -0.05) is 17.4 Å². The van der Waals surface area contributed by atoms with Crippen LogP contribution in [0.25, 0.3) is 10.2 Å². The van der Waals surface area contributed by atoms with Gasteiger partial charge in [0.1, 0.15) is 17.1 Å². The smallest absolute Gasteiger partial charge is 0.321 e. The zero-order valence-corrected chi connectivity index (χ0v) is 15.6. The molecule has 1 aliphatic rings. The first-order chi connectivity index (χ1) is 13.1. The third kappa shape index (κ3) is 3.66. The lowest BCUT2D eigenvalue weighted by Gasteiger charge is -2.34. The highest BCUT2D eigenvalue weighted by Crippen LogP contribution is 2.30.